The maximum absolute atomic E-state index is 8.66. The van der Waals surface area contributed by atoms with Crippen molar-refractivity contribution in [2.45, 2.75) is 19.3 Å². The summed E-state index contributed by atoms with van der Waals surface area (Å²) in [7, 11) is 1.66. The molecule has 1 aromatic carbocycles. The molecule has 0 unspecified atom stereocenters. The molecule has 0 aromatic heterocycles. The minimum absolute atomic E-state index is 0.420. The quantitative estimate of drug-likeness (QED) is 0.468. The molecule has 15 heavy (non-hydrogen) atoms. The molecule has 2 atom stereocenters. The van der Waals surface area contributed by atoms with Gasteiger partial charge in [-0.3, -0.25) is 0 Å². The zero-order chi connectivity index (χ0) is 10.8. The Balaban J connectivity index is 2.07. The zero-order valence-electron chi connectivity index (χ0n) is 8.97. The van der Waals surface area contributed by atoms with Crippen LogP contribution in [0.4, 0.5) is 0 Å². The minimum atomic E-state index is 0.420. The summed E-state index contributed by atoms with van der Waals surface area (Å²) >= 11 is 0. The van der Waals surface area contributed by atoms with E-state index in [-0.39, 0.29) is 0 Å². The lowest BCUT2D eigenvalue weighted by atomic mass is 10.1. The molecule has 1 aromatic rings. The Morgan fingerprint density at radius 3 is 2.60 bits per heavy atom. The molecule has 3 nitrogen and oxygen atoms in total. The van der Waals surface area contributed by atoms with E-state index in [1.54, 1.807) is 7.11 Å². The Bertz CT molecular complexity index is 370. The molecule has 3 heteroatoms. The predicted molar refractivity (Wildman–Crippen MR) is 58.7 cm³/mol. The van der Waals surface area contributed by atoms with Gasteiger partial charge in [0.2, 0.25) is 0 Å². The van der Waals surface area contributed by atoms with Crippen LogP contribution in [-0.2, 0) is 0 Å². The Hall–Kier alpha value is -1.51. The third-order valence-electron chi connectivity index (χ3n) is 3.03. The van der Waals surface area contributed by atoms with Gasteiger partial charge >= 0.3 is 0 Å². The molecular formula is C12H15NO2. The van der Waals surface area contributed by atoms with Crippen molar-refractivity contribution in [3.63, 3.8) is 0 Å². The number of hydrogen-bond donors (Lipinski definition) is 1. The van der Waals surface area contributed by atoms with Gasteiger partial charge in [-0.2, -0.15) is 0 Å². The smallest absolute Gasteiger partial charge is 0.118 e. The van der Waals surface area contributed by atoms with E-state index < -0.39 is 0 Å². The third-order valence-corrected chi connectivity index (χ3v) is 3.03. The molecule has 0 radical (unpaired) electrons. The van der Waals surface area contributed by atoms with Crippen molar-refractivity contribution in [3.8, 4) is 5.75 Å². The van der Waals surface area contributed by atoms with Gasteiger partial charge in [-0.25, -0.2) is 0 Å². The second-order valence-corrected chi connectivity index (χ2v) is 3.96. The largest absolute Gasteiger partial charge is 0.497 e. The lowest BCUT2D eigenvalue weighted by Gasteiger charge is -2.02. The highest BCUT2D eigenvalue weighted by atomic mass is 16.5. The van der Waals surface area contributed by atoms with E-state index in [9.17, 15) is 0 Å². The van der Waals surface area contributed by atoms with Gasteiger partial charge in [-0.05, 0) is 37.0 Å². The number of nitrogens with zero attached hydrogens (tertiary/aromatic N) is 1. The van der Waals surface area contributed by atoms with Crippen LogP contribution >= 0.6 is 0 Å². The summed E-state index contributed by atoms with van der Waals surface area (Å²) < 4.78 is 5.10. The first kappa shape index (κ1) is 10.0. The van der Waals surface area contributed by atoms with Crippen molar-refractivity contribution in [2.24, 2.45) is 11.1 Å². The molecule has 1 N–H and O–H groups in total. The SMILES string of the molecule is COc1ccc([C@H]2C[C@H]2/C(C)=N\O)cc1. The Morgan fingerprint density at radius 2 is 2.07 bits per heavy atom. The van der Waals surface area contributed by atoms with Crippen LogP contribution < -0.4 is 4.74 Å². The second-order valence-electron chi connectivity index (χ2n) is 3.96. The number of methoxy groups -OCH3 is 1. The lowest BCUT2D eigenvalue weighted by molar-refractivity contribution is 0.316. The van der Waals surface area contributed by atoms with E-state index in [4.69, 9.17) is 9.94 Å². The van der Waals surface area contributed by atoms with Crippen molar-refractivity contribution in [1.82, 2.24) is 0 Å². The van der Waals surface area contributed by atoms with E-state index in [1.165, 1.54) is 5.56 Å². The highest BCUT2D eigenvalue weighted by Gasteiger charge is 2.40. The van der Waals surface area contributed by atoms with Crippen LogP contribution in [0.25, 0.3) is 0 Å². The van der Waals surface area contributed by atoms with Gasteiger partial charge < -0.3 is 9.94 Å². The van der Waals surface area contributed by atoms with Crippen LogP contribution in [0.3, 0.4) is 0 Å². The summed E-state index contributed by atoms with van der Waals surface area (Å²) in [4.78, 5) is 0. The average Bonchev–Trinajstić information content (AvgIpc) is 3.08. The molecule has 0 bridgehead atoms. The molecule has 1 aliphatic rings. The number of benzene rings is 1. The van der Waals surface area contributed by atoms with Crippen LogP contribution in [0.15, 0.2) is 29.4 Å². The molecule has 0 aliphatic heterocycles. The summed E-state index contributed by atoms with van der Waals surface area (Å²) in [5, 5.41) is 11.9. The molecule has 0 saturated heterocycles. The van der Waals surface area contributed by atoms with E-state index in [2.05, 4.69) is 17.3 Å². The van der Waals surface area contributed by atoms with Crippen LogP contribution in [0, 0.1) is 5.92 Å². The summed E-state index contributed by atoms with van der Waals surface area (Å²) in [6.07, 6.45) is 1.09. The highest BCUT2D eigenvalue weighted by molar-refractivity contribution is 5.87. The van der Waals surface area contributed by atoms with Gasteiger partial charge in [0.05, 0.1) is 12.8 Å². The molecule has 1 saturated carbocycles. The first-order chi connectivity index (χ1) is 7.26. The topological polar surface area (TPSA) is 41.8 Å². The summed E-state index contributed by atoms with van der Waals surface area (Å²) in [5.74, 6) is 1.82. The fourth-order valence-corrected chi connectivity index (χ4v) is 1.95. The Labute approximate surface area is 89.4 Å². The van der Waals surface area contributed by atoms with E-state index >= 15 is 0 Å². The van der Waals surface area contributed by atoms with Crippen molar-refractivity contribution in [1.29, 1.82) is 0 Å². The van der Waals surface area contributed by atoms with Crippen LogP contribution in [0.1, 0.15) is 24.8 Å². The Kier molecular flexibility index (Phi) is 2.62. The van der Waals surface area contributed by atoms with Crippen molar-refractivity contribution >= 4 is 5.71 Å². The zero-order valence-corrected chi connectivity index (χ0v) is 8.97. The average molecular weight is 205 g/mol. The number of hydrogen-bond acceptors (Lipinski definition) is 3. The number of rotatable bonds is 3. The summed E-state index contributed by atoms with van der Waals surface area (Å²) in [6, 6.07) is 8.09. The van der Waals surface area contributed by atoms with Gasteiger partial charge in [0.25, 0.3) is 0 Å². The summed E-state index contributed by atoms with van der Waals surface area (Å²) in [6.45, 7) is 1.87. The standard InChI is InChI=1S/C12H15NO2/c1-8(13-14)11-7-12(11)9-3-5-10(15-2)6-4-9/h3-6,11-12,14H,7H2,1-2H3/b13-8-/t11-,12+/m0/s1. The molecule has 80 valence electrons. The highest BCUT2D eigenvalue weighted by Crippen LogP contribution is 2.48. The molecule has 1 aliphatic carbocycles. The van der Waals surface area contributed by atoms with Crippen LogP contribution in [0.2, 0.25) is 0 Å². The second kappa shape index (κ2) is 3.93. The van der Waals surface area contributed by atoms with Gasteiger partial charge in [-0.1, -0.05) is 17.3 Å². The monoisotopic (exact) mass is 205 g/mol. The van der Waals surface area contributed by atoms with Gasteiger partial charge in [0.1, 0.15) is 5.75 Å². The molecule has 2 rings (SSSR count). The van der Waals surface area contributed by atoms with Crippen LogP contribution in [0.5, 0.6) is 5.75 Å². The fraction of sp³-hybridized carbons (Fsp3) is 0.417. The van der Waals surface area contributed by atoms with Crippen molar-refractivity contribution < 1.29 is 9.94 Å². The lowest BCUT2D eigenvalue weighted by Crippen LogP contribution is -1.96. The van der Waals surface area contributed by atoms with Crippen LogP contribution in [-0.4, -0.2) is 18.0 Å². The molecular weight excluding hydrogens is 190 g/mol. The van der Waals surface area contributed by atoms with Gasteiger partial charge in [-0.15, -0.1) is 0 Å². The van der Waals surface area contributed by atoms with E-state index in [0.717, 1.165) is 17.9 Å². The molecule has 0 spiro atoms. The van der Waals surface area contributed by atoms with E-state index in [0.29, 0.717) is 11.8 Å². The summed E-state index contributed by atoms with van der Waals surface area (Å²) in [5.41, 5.74) is 2.12. The molecule has 0 heterocycles. The van der Waals surface area contributed by atoms with Gasteiger partial charge in [0, 0.05) is 5.92 Å². The van der Waals surface area contributed by atoms with E-state index in [1.807, 2.05) is 19.1 Å². The third kappa shape index (κ3) is 1.96. The fourth-order valence-electron chi connectivity index (χ4n) is 1.95. The van der Waals surface area contributed by atoms with Crippen molar-refractivity contribution in [2.75, 3.05) is 7.11 Å². The number of oxime groups is 1. The van der Waals surface area contributed by atoms with Gasteiger partial charge in [0.15, 0.2) is 0 Å². The Morgan fingerprint density at radius 1 is 1.40 bits per heavy atom. The maximum atomic E-state index is 8.66. The first-order valence-electron chi connectivity index (χ1n) is 5.08. The first-order valence-corrected chi connectivity index (χ1v) is 5.08. The predicted octanol–water partition coefficient (Wildman–Crippen LogP) is 2.65. The molecule has 0 amide bonds. The van der Waals surface area contributed by atoms with Crippen molar-refractivity contribution in [3.05, 3.63) is 29.8 Å². The molecule has 1 fully saturated rings. The normalized spacial score (nSPS) is 25.1. The maximum Gasteiger partial charge on any atom is 0.118 e. The minimum Gasteiger partial charge on any atom is -0.497 e. The number of ether oxygens (including phenoxy) is 1.